The van der Waals surface area contributed by atoms with Gasteiger partial charge in [0, 0.05) is 11.0 Å². The highest BCUT2D eigenvalue weighted by Gasteiger charge is 2.36. The van der Waals surface area contributed by atoms with Crippen molar-refractivity contribution in [2.24, 2.45) is 0 Å². The summed E-state index contributed by atoms with van der Waals surface area (Å²) in [6.45, 7) is 1.62. The molecule has 4 rings (SSSR count). The van der Waals surface area contributed by atoms with Gasteiger partial charge in [-0.15, -0.1) is 0 Å². The molecule has 0 saturated carbocycles. The molecule has 0 saturated heterocycles. The molecular weight excluding hydrogens is 438 g/mol. The average Bonchev–Trinajstić information content (AvgIpc) is 2.84. The Bertz CT molecular complexity index is 1020. The zero-order valence-electron chi connectivity index (χ0n) is 20.3. The van der Waals surface area contributed by atoms with E-state index in [9.17, 15) is 0 Å². The number of quaternary nitrogens is 1. The van der Waals surface area contributed by atoms with Gasteiger partial charge in [0.2, 0.25) is 0 Å². The van der Waals surface area contributed by atoms with Crippen LogP contribution in [0.3, 0.4) is 0 Å². The highest BCUT2D eigenvalue weighted by molar-refractivity contribution is 5.50. The van der Waals surface area contributed by atoms with E-state index >= 15 is 0 Å². The minimum atomic E-state index is -0.284. The molecule has 0 amide bonds. The third-order valence-corrected chi connectivity index (χ3v) is 6.13. The first-order valence-electron chi connectivity index (χ1n) is 11.7. The summed E-state index contributed by atoms with van der Waals surface area (Å²) in [6.07, 6.45) is 0.839. The molecule has 0 aliphatic carbocycles. The van der Waals surface area contributed by atoms with E-state index in [0.717, 1.165) is 23.2 Å². The second-order valence-electron chi connectivity index (χ2n) is 9.69. The molecule has 0 aliphatic heterocycles. The van der Waals surface area contributed by atoms with Crippen LogP contribution in [0.5, 0.6) is 5.75 Å². The van der Waals surface area contributed by atoms with Crippen molar-refractivity contribution in [3.8, 4) is 5.75 Å². The maximum Gasteiger partial charge on any atom is 0.119 e. The van der Waals surface area contributed by atoms with Gasteiger partial charge in [0.15, 0.2) is 0 Å². The van der Waals surface area contributed by atoms with E-state index in [2.05, 4.69) is 136 Å². The predicted octanol–water partition coefficient (Wildman–Crippen LogP) is 3.70. The van der Waals surface area contributed by atoms with E-state index in [1.54, 1.807) is 0 Å². The van der Waals surface area contributed by atoms with Crippen molar-refractivity contribution >= 4 is 0 Å². The van der Waals surface area contributed by atoms with Gasteiger partial charge >= 0.3 is 0 Å². The van der Waals surface area contributed by atoms with E-state index in [4.69, 9.17) is 4.74 Å². The summed E-state index contributed by atoms with van der Waals surface area (Å²) in [5.74, 6) is 0.920. The lowest BCUT2D eigenvalue weighted by atomic mass is 9.67. The van der Waals surface area contributed by atoms with Crippen LogP contribution in [0, 0.1) is 0 Å². The largest absolute Gasteiger partial charge is 1.00 e. The van der Waals surface area contributed by atoms with Crippen molar-refractivity contribution in [3.63, 3.8) is 0 Å². The van der Waals surface area contributed by atoms with E-state index < -0.39 is 0 Å². The first-order valence-corrected chi connectivity index (χ1v) is 11.7. The lowest BCUT2D eigenvalue weighted by molar-refractivity contribution is -0.884. The molecule has 0 unspecified atom stereocenters. The lowest BCUT2D eigenvalue weighted by Crippen LogP contribution is -3.00. The SMILES string of the molecule is C[N+](C)(C)Cc1ccc(OCCC(c2ccccc2)(c2ccccc2)c2ccccc2)cc1.[Cl-]. The minimum Gasteiger partial charge on any atom is -1.00 e. The average molecular weight is 472 g/mol. The molecule has 34 heavy (non-hydrogen) atoms. The van der Waals surface area contributed by atoms with E-state index in [1.165, 1.54) is 22.3 Å². The van der Waals surface area contributed by atoms with E-state index in [1.807, 2.05) is 0 Å². The zero-order chi connectivity index (χ0) is 23.2. The van der Waals surface area contributed by atoms with Crippen LogP contribution < -0.4 is 17.1 Å². The third kappa shape index (κ3) is 6.08. The molecule has 0 bridgehead atoms. The van der Waals surface area contributed by atoms with Gasteiger partial charge in [-0.2, -0.15) is 0 Å². The molecule has 2 nitrogen and oxygen atoms in total. The summed E-state index contributed by atoms with van der Waals surface area (Å²) in [6, 6.07) is 41.0. The zero-order valence-corrected chi connectivity index (χ0v) is 21.1. The number of hydrogen-bond donors (Lipinski definition) is 0. The van der Waals surface area contributed by atoms with Crippen LogP contribution >= 0.6 is 0 Å². The molecular formula is C31H34ClNO. The fourth-order valence-electron chi connectivity index (χ4n) is 4.66. The van der Waals surface area contributed by atoms with E-state index in [-0.39, 0.29) is 17.8 Å². The standard InChI is InChI=1S/C31H34NO.ClH/c1-32(2,3)25-26-19-21-30(22-20-26)33-24-23-31(27-13-7-4-8-14-27,28-15-9-5-10-16-28)29-17-11-6-12-18-29;/h4-22H,23-25H2,1-3H3;1H/q+1;/p-1. The fourth-order valence-corrected chi connectivity index (χ4v) is 4.66. The molecule has 0 N–H and O–H groups in total. The van der Waals surface area contributed by atoms with Crippen molar-refractivity contribution < 1.29 is 21.6 Å². The summed E-state index contributed by atoms with van der Waals surface area (Å²) < 4.78 is 7.22. The number of ether oxygens (including phenoxy) is 1. The van der Waals surface area contributed by atoms with Crippen molar-refractivity contribution in [3.05, 3.63) is 138 Å². The first-order chi connectivity index (χ1) is 16.0. The lowest BCUT2D eigenvalue weighted by Gasteiger charge is -2.36. The number of rotatable bonds is 9. The summed E-state index contributed by atoms with van der Waals surface area (Å²) in [4.78, 5) is 0. The van der Waals surface area contributed by atoms with Gasteiger partial charge < -0.3 is 21.6 Å². The van der Waals surface area contributed by atoms with Crippen LogP contribution in [0.4, 0.5) is 0 Å². The maximum absolute atomic E-state index is 6.31. The van der Waals surface area contributed by atoms with Gasteiger partial charge in [0.05, 0.1) is 27.7 Å². The van der Waals surface area contributed by atoms with Crippen LogP contribution in [0.15, 0.2) is 115 Å². The number of nitrogens with zero attached hydrogens (tertiary/aromatic N) is 1. The van der Waals surface area contributed by atoms with Crippen molar-refractivity contribution in [1.82, 2.24) is 0 Å². The molecule has 0 atom stereocenters. The molecule has 0 fully saturated rings. The number of halogens is 1. The van der Waals surface area contributed by atoms with E-state index in [0.29, 0.717) is 6.61 Å². The molecule has 3 heteroatoms. The molecule has 0 heterocycles. The number of benzene rings is 4. The Morgan fingerprint density at radius 3 is 1.38 bits per heavy atom. The van der Waals surface area contributed by atoms with Gasteiger partial charge in [-0.25, -0.2) is 0 Å². The van der Waals surface area contributed by atoms with Gasteiger partial charge in [-0.05, 0) is 47.4 Å². The second-order valence-corrected chi connectivity index (χ2v) is 9.69. The first kappa shape index (κ1) is 25.6. The quantitative estimate of drug-likeness (QED) is 0.267. The summed E-state index contributed by atoms with van der Waals surface area (Å²) >= 11 is 0. The Morgan fingerprint density at radius 1 is 0.588 bits per heavy atom. The molecule has 0 aliphatic rings. The maximum atomic E-state index is 6.31. The van der Waals surface area contributed by atoms with Crippen LogP contribution in [-0.4, -0.2) is 32.2 Å². The van der Waals surface area contributed by atoms with Crippen LogP contribution in [0.1, 0.15) is 28.7 Å². The molecule has 0 aromatic heterocycles. The van der Waals surface area contributed by atoms with Gasteiger partial charge in [0.1, 0.15) is 12.3 Å². The van der Waals surface area contributed by atoms with Gasteiger partial charge in [0.25, 0.3) is 0 Å². The Balaban J connectivity index is 0.00000324. The Labute approximate surface area is 210 Å². The highest BCUT2D eigenvalue weighted by Crippen LogP contribution is 2.42. The Kier molecular flexibility index (Phi) is 8.55. The normalized spacial score (nSPS) is 11.5. The van der Waals surface area contributed by atoms with Gasteiger partial charge in [-0.3, -0.25) is 0 Å². The van der Waals surface area contributed by atoms with Crippen molar-refractivity contribution in [1.29, 1.82) is 0 Å². The molecule has 176 valence electrons. The summed E-state index contributed by atoms with van der Waals surface area (Å²) in [7, 11) is 6.63. The monoisotopic (exact) mass is 471 g/mol. The Hall–Kier alpha value is -3.07. The minimum absolute atomic E-state index is 0. The molecule has 0 radical (unpaired) electrons. The molecule has 4 aromatic carbocycles. The topological polar surface area (TPSA) is 9.23 Å². The van der Waals surface area contributed by atoms with Crippen molar-refractivity contribution in [2.45, 2.75) is 18.4 Å². The van der Waals surface area contributed by atoms with Crippen LogP contribution in [0.2, 0.25) is 0 Å². The number of hydrogen-bond acceptors (Lipinski definition) is 1. The van der Waals surface area contributed by atoms with Crippen molar-refractivity contribution in [2.75, 3.05) is 27.7 Å². The fraction of sp³-hybridized carbons (Fsp3) is 0.226. The Morgan fingerprint density at radius 2 is 1.00 bits per heavy atom. The van der Waals surface area contributed by atoms with Crippen LogP contribution in [0.25, 0.3) is 0 Å². The highest BCUT2D eigenvalue weighted by atomic mass is 35.5. The summed E-state index contributed by atoms with van der Waals surface area (Å²) in [5, 5.41) is 0. The second kappa shape index (κ2) is 11.4. The third-order valence-electron chi connectivity index (χ3n) is 6.13. The molecule has 0 spiro atoms. The summed E-state index contributed by atoms with van der Waals surface area (Å²) in [5.41, 5.74) is 4.88. The smallest absolute Gasteiger partial charge is 0.119 e. The van der Waals surface area contributed by atoms with Crippen LogP contribution in [-0.2, 0) is 12.0 Å². The van der Waals surface area contributed by atoms with Gasteiger partial charge in [-0.1, -0.05) is 91.0 Å². The molecule has 4 aromatic rings. The predicted molar refractivity (Wildman–Crippen MR) is 137 cm³/mol.